The van der Waals surface area contributed by atoms with Gasteiger partial charge in [-0.3, -0.25) is 4.98 Å². The lowest BCUT2D eigenvalue weighted by molar-refractivity contribution is 0.0261. The van der Waals surface area contributed by atoms with E-state index in [-0.39, 0.29) is 6.10 Å². The molecule has 4 nitrogen and oxygen atoms in total. The van der Waals surface area contributed by atoms with Crippen LogP contribution in [0.4, 0.5) is 0 Å². The van der Waals surface area contributed by atoms with Gasteiger partial charge >= 0.3 is 0 Å². The summed E-state index contributed by atoms with van der Waals surface area (Å²) in [7, 11) is 0. The van der Waals surface area contributed by atoms with Crippen LogP contribution in [-0.4, -0.2) is 23.8 Å². The van der Waals surface area contributed by atoms with E-state index in [1.807, 2.05) is 19.1 Å². The van der Waals surface area contributed by atoms with Crippen LogP contribution >= 0.6 is 0 Å². The molecule has 0 bridgehead atoms. The van der Waals surface area contributed by atoms with Gasteiger partial charge in [0.15, 0.2) is 0 Å². The van der Waals surface area contributed by atoms with E-state index in [1.54, 1.807) is 0 Å². The second-order valence-corrected chi connectivity index (χ2v) is 4.56. The zero-order valence-electron chi connectivity index (χ0n) is 10.5. The average Bonchev–Trinajstić information content (AvgIpc) is 2.73. The van der Waals surface area contributed by atoms with Crippen molar-refractivity contribution in [3.8, 4) is 5.75 Å². The van der Waals surface area contributed by atoms with E-state index in [0.29, 0.717) is 19.3 Å². The summed E-state index contributed by atoms with van der Waals surface area (Å²) in [6, 6.07) is 3.87. The Balaban J connectivity index is 1.94. The zero-order valence-corrected chi connectivity index (χ0v) is 10.5. The molecule has 1 aromatic rings. The summed E-state index contributed by atoms with van der Waals surface area (Å²) in [5.74, 6) is 0.779. The smallest absolute Gasteiger partial charge is 0.142 e. The molecule has 1 aliphatic rings. The Morgan fingerprint density at radius 3 is 2.94 bits per heavy atom. The Morgan fingerprint density at radius 2 is 2.29 bits per heavy atom. The number of nitrogens with zero attached hydrogens (tertiary/aromatic N) is 1. The first kappa shape index (κ1) is 12.3. The van der Waals surface area contributed by atoms with E-state index in [1.165, 1.54) is 0 Å². The SMILES string of the molecule is Cc1ccc(OCC2CCC(C)O2)c(CN)n1. The Morgan fingerprint density at radius 1 is 1.47 bits per heavy atom. The number of rotatable bonds is 4. The normalized spacial score (nSPS) is 23.9. The van der Waals surface area contributed by atoms with E-state index in [0.717, 1.165) is 30.0 Å². The van der Waals surface area contributed by atoms with Gasteiger partial charge in [0.05, 0.1) is 17.9 Å². The van der Waals surface area contributed by atoms with Gasteiger partial charge in [0, 0.05) is 12.2 Å². The van der Waals surface area contributed by atoms with Gasteiger partial charge in [-0.1, -0.05) is 0 Å². The van der Waals surface area contributed by atoms with Gasteiger partial charge in [-0.2, -0.15) is 0 Å². The third kappa shape index (κ3) is 3.17. The number of nitrogens with two attached hydrogens (primary N) is 1. The maximum atomic E-state index is 5.75. The molecule has 0 radical (unpaired) electrons. The third-order valence-corrected chi connectivity index (χ3v) is 3.01. The maximum Gasteiger partial charge on any atom is 0.142 e. The van der Waals surface area contributed by atoms with Gasteiger partial charge in [-0.25, -0.2) is 0 Å². The molecule has 1 saturated heterocycles. The van der Waals surface area contributed by atoms with Crippen LogP contribution in [-0.2, 0) is 11.3 Å². The topological polar surface area (TPSA) is 57.4 Å². The minimum atomic E-state index is 0.205. The highest BCUT2D eigenvalue weighted by atomic mass is 16.5. The lowest BCUT2D eigenvalue weighted by atomic mass is 10.2. The highest BCUT2D eigenvalue weighted by molar-refractivity contribution is 5.29. The highest BCUT2D eigenvalue weighted by Gasteiger charge is 2.22. The van der Waals surface area contributed by atoms with Crippen molar-refractivity contribution in [2.45, 2.75) is 45.4 Å². The molecule has 0 aliphatic carbocycles. The van der Waals surface area contributed by atoms with Crippen molar-refractivity contribution in [3.05, 3.63) is 23.5 Å². The molecule has 1 fully saturated rings. The predicted octanol–water partition coefficient (Wildman–Crippen LogP) is 1.80. The zero-order chi connectivity index (χ0) is 12.3. The first-order chi connectivity index (χ1) is 8.19. The van der Waals surface area contributed by atoms with E-state index in [9.17, 15) is 0 Å². The van der Waals surface area contributed by atoms with Crippen molar-refractivity contribution in [1.29, 1.82) is 0 Å². The summed E-state index contributed by atoms with van der Waals surface area (Å²) in [6.07, 6.45) is 2.74. The molecule has 0 aromatic carbocycles. The number of hydrogen-bond donors (Lipinski definition) is 1. The minimum Gasteiger partial charge on any atom is -0.489 e. The van der Waals surface area contributed by atoms with Crippen molar-refractivity contribution in [2.75, 3.05) is 6.61 Å². The predicted molar refractivity (Wildman–Crippen MR) is 65.9 cm³/mol. The Labute approximate surface area is 102 Å². The van der Waals surface area contributed by atoms with E-state index >= 15 is 0 Å². The van der Waals surface area contributed by atoms with Gasteiger partial charge in [0.1, 0.15) is 12.4 Å². The molecule has 94 valence electrons. The second kappa shape index (κ2) is 5.47. The standard InChI is InChI=1S/C13H20N2O2/c1-9-3-6-13(12(7-14)15-9)16-8-11-5-4-10(2)17-11/h3,6,10-11H,4-5,7-8,14H2,1-2H3. The van der Waals surface area contributed by atoms with Crippen LogP contribution < -0.4 is 10.5 Å². The maximum absolute atomic E-state index is 5.75. The molecule has 0 saturated carbocycles. The Kier molecular flexibility index (Phi) is 3.97. The number of aryl methyl sites for hydroxylation is 1. The van der Waals surface area contributed by atoms with Crippen molar-refractivity contribution in [1.82, 2.24) is 4.98 Å². The molecule has 17 heavy (non-hydrogen) atoms. The van der Waals surface area contributed by atoms with Crippen LogP contribution in [0.3, 0.4) is 0 Å². The van der Waals surface area contributed by atoms with Crippen molar-refractivity contribution in [3.63, 3.8) is 0 Å². The molecule has 1 aliphatic heterocycles. The van der Waals surface area contributed by atoms with Crippen LogP contribution in [0, 0.1) is 6.92 Å². The van der Waals surface area contributed by atoms with Crippen LogP contribution in [0.1, 0.15) is 31.2 Å². The van der Waals surface area contributed by atoms with E-state index in [2.05, 4.69) is 11.9 Å². The third-order valence-electron chi connectivity index (χ3n) is 3.01. The van der Waals surface area contributed by atoms with Crippen molar-refractivity contribution >= 4 is 0 Å². The molecule has 4 heteroatoms. The molecule has 2 rings (SSSR count). The number of hydrogen-bond acceptors (Lipinski definition) is 4. The van der Waals surface area contributed by atoms with Crippen molar-refractivity contribution < 1.29 is 9.47 Å². The van der Waals surface area contributed by atoms with Gasteiger partial charge in [-0.05, 0) is 38.8 Å². The van der Waals surface area contributed by atoms with E-state index < -0.39 is 0 Å². The highest BCUT2D eigenvalue weighted by Crippen LogP contribution is 2.22. The molecule has 0 spiro atoms. The summed E-state index contributed by atoms with van der Waals surface area (Å²) in [5, 5.41) is 0. The fourth-order valence-corrected chi connectivity index (χ4v) is 2.07. The molecule has 0 amide bonds. The molecule has 2 N–H and O–H groups in total. The molecule has 2 atom stereocenters. The second-order valence-electron chi connectivity index (χ2n) is 4.56. The molecule has 2 heterocycles. The monoisotopic (exact) mass is 236 g/mol. The van der Waals surface area contributed by atoms with Crippen LogP contribution in [0.5, 0.6) is 5.75 Å². The fourth-order valence-electron chi connectivity index (χ4n) is 2.07. The minimum absolute atomic E-state index is 0.205. The first-order valence-corrected chi connectivity index (χ1v) is 6.14. The number of ether oxygens (including phenoxy) is 2. The largest absolute Gasteiger partial charge is 0.489 e. The molecular weight excluding hydrogens is 216 g/mol. The molecule has 1 aromatic heterocycles. The average molecular weight is 236 g/mol. The summed E-state index contributed by atoms with van der Waals surface area (Å²) in [6.45, 7) is 5.03. The molecule has 2 unspecified atom stereocenters. The lowest BCUT2D eigenvalue weighted by Gasteiger charge is -2.14. The van der Waals surface area contributed by atoms with Crippen LogP contribution in [0.25, 0.3) is 0 Å². The van der Waals surface area contributed by atoms with Gasteiger partial charge < -0.3 is 15.2 Å². The Hall–Kier alpha value is -1.13. The quantitative estimate of drug-likeness (QED) is 0.866. The van der Waals surface area contributed by atoms with Crippen LogP contribution in [0.15, 0.2) is 12.1 Å². The van der Waals surface area contributed by atoms with E-state index in [4.69, 9.17) is 15.2 Å². The number of pyridine rings is 1. The first-order valence-electron chi connectivity index (χ1n) is 6.14. The summed E-state index contributed by atoms with van der Waals surface area (Å²) < 4.78 is 11.5. The Bertz CT molecular complexity index is 382. The summed E-state index contributed by atoms with van der Waals surface area (Å²) in [5.41, 5.74) is 7.43. The summed E-state index contributed by atoms with van der Waals surface area (Å²) in [4.78, 5) is 4.36. The van der Waals surface area contributed by atoms with Gasteiger partial charge in [-0.15, -0.1) is 0 Å². The van der Waals surface area contributed by atoms with Crippen molar-refractivity contribution in [2.24, 2.45) is 5.73 Å². The van der Waals surface area contributed by atoms with Gasteiger partial charge in [0.2, 0.25) is 0 Å². The summed E-state index contributed by atoms with van der Waals surface area (Å²) >= 11 is 0. The molecular formula is C13H20N2O2. The number of aromatic nitrogens is 1. The van der Waals surface area contributed by atoms with Gasteiger partial charge in [0.25, 0.3) is 0 Å². The lowest BCUT2D eigenvalue weighted by Crippen LogP contribution is -2.19. The van der Waals surface area contributed by atoms with Crippen LogP contribution in [0.2, 0.25) is 0 Å². The fraction of sp³-hybridized carbons (Fsp3) is 0.615.